The Balaban J connectivity index is 0.00000408. The van der Waals surface area contributed by atoms with Crippen molar-refractivity contribution in [2.45, 2.75) is 24.3 Å². The number of nitrogens with zero attached hydrogens (tertiary/aromatic N) is 4. The topological polar surface area (TPSA) is 143 Å². The van der Waals surface area contributed by atoms with Crippen LogP contribution in [0.2, 0.25) is 0 Å². The van der Waals surface area contributed by atoms with Gasteiger partial charge in [0.25, 0.3) is 5.91 Å². The largest absolute Gasteiger partial charge is 0.382 e. The Bertz CT molecular complexity index is 1210. The molecule has 34 heavy (non-hydrogen) atoms. The summed E-state index contributed by atoms with van der Waals surface area (Å²) < 4.78 is 28.0. The highest BCUT2D eigenvalue weighted by Gasteiger charge is 2.19. The van der Waals surface area contributed by atoms with Crippen LogP contribution in [0.1, 0.15) is 23.8 Å². The molecule has 4 N–H and O–H groups in total. The zero-order chi connectivity index (χ0) is 24.0. The minimum Gasteiger partial charge on any atom is -0.382 e. The first-order chi connectivity index (χ1) is 15.7. The van der Waals surface area contributed by atoms with E-state index in [4.69, 9.17) is 5.73 Å². The minimum atomic E-state index is -3.66. The van der Waals surface area contributed by atoms with E-state index in [1.165, 1.54) is 24.5 Å². The standard InChI is InChI=1S/C22H27N7O3S.ClH/c1-15(10-12-29(2)3)28-33(31,32)18-8-6-16(7-9-18)19-14-25-21(23)20(27-19)22(30)26-17-5-4-11-24-13-17;/h4-9,11,13-15,28H,10,12H2,1-3H3,(H2,23,25)(H,26,30);1H. The fourth-order valence-electron chi connectivity index (χ4n) is 2.98. The first kappa shape index (κ1) is 27.1. The Labute approximate surface area is 205 Å². The highest BCUT2D eigenvalue weighted by molar-refractivity contribution is 7.89. The van der Waals surface area contributed by atoms with E-state index in [0.717, 1.165) is 6.54 Å². The number of carbonyl (C=O) groups excluding carboxylic acids is 1. The molecule has 1 aromatic carbocycles. The lowest BCUT2D eigenvalue weighted by Gasteiger charge is -2.17. The molecule has 0 aliphatic rings. The molecule has 2 aromatic heterocycles. The Morgan fingerprint density at radius 1 is 1.15 bits per heavy atom. The lowest BCUT2D eigenvalue weighted by molar-refractivity contribution is 0.102. The molecule has 1 amide bonds. The quantitative estimate of drug-likeness (QED) is 0.402. The molecule has 0 aliphatic heterocycles. The molecule has 0 saturated heterocycles. The summed E-state index contributed by atoms with van der Waals surface area (Å²) in [4.78, 5) is 27.1. The van der Waals surface area contributed by atoms with E-state index in [1.54, 1.807) is 30.5 Å². The Morgan fingerprint density at radius 3 is 2.47 bits per heavy atom. The van der Waals surface area contributed by atoms with Gasteiger partial charge >= 0.3 is 0 Å². The van der Waals surface area contributed by atoms with E-state index in [1.807, 2.05) is 25.9 Å². The maximum Gasteiger partial charge on any atom is 0.278 e. The van der Waals surface area contributed by atoms with E-state index in [-0.39, 0.29) is 34.9 Å². The molecule has 1 unspecified atom stereocenters. The van der Waals surface area contributed by atoms with E-state index >= 15 is 0 Å². The third kappa shape index (κ3) is 7.19. The van der Waals surface area contributed by atoms with Gasteiger partial charge in [0.1, 0.15) is 0 Å². The third-order valence-corrected chi connectivity index (χ3v) is 6.37. The van der Waals surface area contributed by atoms with Crippen LogP contribution < -0.4 is 15.8 Å². The number of nitrogens with two attached hydrogens (primary N) is 1. The zero-order valence-electron chi connectivity index (χ0n) is 19.1. The number of aromatic nitrogens is 3. The molecule has 3 aromatic rings. The van der Waals surface area contributed by atoms with Gasteiger partial charge in [-0.25, -0.2) is 23.1 Å². The van der Waals surface area contributed by atoms with Gasteiger partial charge in [-0.1, -0.05) is 12.1 Å². The van der Waals surface area contributed by atoms with Gasteiger partial charge in [-0.2, -0.15) is 0 Å². The monoisotopic (exact) mass is 505 g/mol. The third-order valence-electron chi connectivity index (χ3n) is 4.76. The van der Waals surface area contributed by atoms with Crippen LogP contribution in [0.5, 0.6) is 0 Å². The average Bonchev–Trinajstić information content (AvgIpc) is 2.78. The summed E-state index contributed by atoms with van der Waals surface area (Å²) in [5.41, 5.74) is 7.29. The van der Waals surface area contributed by atoms with Crippen LogP contribution in [0.3, 0.4) is 0 Å². The van der Waals surface area contributed by atoms with Crippen molar-refractivity contribution in [3.05, 3.63) is 60.7 Å². The molecule has 0 bridgehead atoms. The number of pyridine rings is 1. The van der Waals surface area contributed by atoms with Gasteiger partial charge in [-0.15, -0.1) is 12.4 Å². The van der Waals surface area contributed by atoms with Crippen LogP contribution >= 0.6 is 12.4 Å². The Hall–Kier alpha value is -3.12. The number of hydrogen-bond donors (Lipinski definition) is 3. The number of rotatable bonds is 9. The van der Waals surface area contributed by atoms with E-state index in [0.29, 0.717) is 23.4 Å². The van der Waals surface area contributed by atoms with Crippen LogP contribution in [-0.2, 0) is 10.0 Å². The molecule has 12 heteroatoms. The SMILES string of the molecule is CC(CCN(C)C)NS(=O)(=O)c1ccc(-c2cnc(N)c(C(=O)Nc3cccnc3)n2)cc1.Cl. The van der Waals surface area contributed by atoms with Crippen LogP contribution in [0.4, 0.5) is 11.5 Å². The molecule has 0 aliphatic carbocycles. The molecule has 0 fully saturated rings. The Kier molecular flexibility index (Phi) is 9.45. The molecule has 1 atom stereocenters. The van der Waals surface area contributed by atoms with Crippen LogP contribution in [-0.4, -0.2) is 60.9 Å². The van der Waals surface area contributed by atoms with Crippen molar-refractivity contribution in [1.29, 1.82) is 0 Å². The van der Waals surface area contributed by atoms with E-state index < -0.39 is 15.9 Å². The number of sulfonamides is 1. The van der Waals surface area contributed by atoms with Gasteiger partial charge in [0.2, 0.25) is 10.0 Å². The molecular weight excluding hydrogens is 478 g/mol. The predicted molar refractivity (Wildman–Crippen MR) is 134 cm³/mol. The molecule has 0 radical (unpaired) electrons. The van der Waals surface area contributed by atoms with Crippen molar-refractivity contribution >= 4 is 39.8 Å². The second-order valence-corrected chi connectivity index (χ2v) is 9.54. The number of amides is 1. The molecular formula is C22H28ClN7O3S. The smallest absolute Gasteiger partial charge is 0.278 e. The summed E-state index contributed by atoms with van der Waals surface area (Å²) in [6.07, 6.45) is 5.21. The highest BCUT2D eigenvalue weighted by atomic mass is 35.5. The lowest BCUT2D eigenvalue weighted by Crippen LogP contribution is -2.34. The van der Waals surface area contributed by atoms with Gasteiger partial charge in [0, 0.05) is 17.8 Å². The maximum atomic E-state index is 12.7. The summed E-state index contributed by atoms with van der Waals surface area (Å²) in [6, 6.07) is 9.37. The Morgan fingerprint density at radius 2 is 1.85 bits per heavy atom. The molecule has 3 rings (SSSR count). The summed E-state index contributed by atoms with van der Waals surface area (Å²) in [7, 11) is 0.213. The average molecular weight is 506 g/mol. The van der Waals surface area contributed by atoms with Crippen LogP contribution in [0.25, 0.3) is 11.3 Å². The first-order valence-electron chi connectivity index (χ1n) is 10.3. The molecule has 0 spiro atoms. The lowest BCUT2D eigenvalue weighted by atomic mass is 10.1. The number of anilines is 2. The fourth-order valence-corrected chi connectivity index (χ4v) is 4.26. The van der Waals surface area contributed by atoms with Gasteiger partial charge < -0.3 is 16.0 Å². The molecule has 182 valence electrons. The van der Waals surface area contributed by atoms with Crippen LogP contribution in [0.15, 0.2) is 59.9 Å². The van der Waals surface area contributed by atoms with E-state index in [9.17, 15) is 13.2 Å². The summed E-state index contributed by atoms with van der Waals surface area (Å²) >= 11 is 0. The van der Waals surface area contributed by atoms with Gasteiger partial charge in [-0.3, -0.25) is 9.78 Å². The van der Waals surface area contributed by atoms with E-state index in [2.05, 4.69) is 25.0 Å². The minimum absolute atomic E-state index is 0. The first-order valence-corrected chi connectivity index (χ1v) is 11.8. The molecule has 2 heterocycles. The normalized spacial score (nSPS) is 12.1. The number of carbonyl (C=O) groups is 1. The predicted octanol–water partition coefficient (Wildman–Crippen LogP) is 2.41. The maximum absolute atomic E-state index is 12.7. The summed E-state index contributed by atoms with van der Waals surface area (Å²) in [5, 5.41) is 2.67. The zero-order valence-corrected chi connectivity index (χ0v) is 20.7. The summed E-state index contributed by atoms with van der Waals surface area (Å²) in [6.45, 7) is 2.60. The highest BCUT2D eigenvalue weighted by Crippen LogP contribution is 2.21. The second-order valence-electron chi connectivity index (χ2n) is 7.82. The van der Waals surface area contributed by atoms with Gasteiger partial charge in [0.05, 0.1) is 28.7 Å². The number of nitrogens with one attached hydrogen (secondary N) is 2. The van der Waals surface area contributed by atoms with Crippen molar-refractivity contribution < 1.29 is 13.2 Å². The van der Waals surface area contributed by atoms with Crippen molar-refractivity contribution in [2.24, 2.45) is 0 Å². The number of halogens is 1. The number of benzene rings is 1. The van der Waals surface area contributed by atoms with Crippen molar-refractivity contribution in [3.63, 3.8) is 0 Å². The number of nitrogen functional groups attached to an aromatic ring is 1. The van der Waals surface area contributed by atoms with Crippen molar-refractivity contribution in [3.8, 4) is 11.3 Å². The fraction of sp³-hybridized carbons (Fsp3) is 0.273. The van der Waals surface area contributed by atoms with Gasteiger partial charge in [0.15, 0.2) is 11.5 Å². The van der Waals surface area contributed by atoms with Crippen molar-refractivity contribution in [1.82, 2.24) is 24.6 Å². The van der Waals surface area contributed by atoms with Crippen LogP contribution in [0, 0.1) is 0 Å². The second kappa shape index (κ2) is 11.8. The number of hydrogen-bond acceptors (Lipinski definition) is 8. The van der Waals surface area contributed by atoms with Gasteiger partial charge in [-0.05, 0) is 58.3 Å². The summed E-state index contributed by atoms with van der Waals surface area (Å²) in [5.74, 6) is -0.541. The molecule has 0 saturated carbocycles. The van der Waals surface area contributed by atoms with Crippen molar-refractivity contribution in [2.75, 3.05) is 31.7 Å². The molecule has 10 nitrogen and oxygen atoms in total.